The van der Waals surface area contributed by atoms with Gasteiger partial charge in [0, 0.05) is 5.56 Å². The van der Waals surface area contributed by atoms with Crippen LogP contribution in [0.3, 0.4) is 0 Å². The van der Waals surface area contributed by atoms with Crippen molar-refractivity contribution in [2.24, 2.45) is 0 Å². The summed E-state index contributed by atoms with van der Waals surface area (Å²) < 4.78 is 23.8. The molecule has 2 rings (SSSR count). The normalized spacial score (nSPS) is 10.4. The minimum atomic E-state index is -0.464. The molecule has 0 atom stereocenters. The van der Waals surface area contributed by atoms with E-state index >= 15 is 0 Å². The number of nitrogens with zero attached hydrogens (tertiary/aromatic N) is 1. The number of ether oxygens (including phenoxy) is 1. The van der Waals surface area contributed by atoms with Crippen molar-refractivity contribution in [2.75, 3.05) is 12.8 Å². The zero-order chi connectivity index (χ0) is 11.7. The molecule has 0 aliphatic rings. The van der Waals surface area contributed by atoms with Crippen LogP contribution < -0.4 is 10.5 Å². The molecule has 0 unspecified atom stereocenters. The van der Waals surface area contributed by atoms with Gasteiger partial charge < -0.3 is 15.0 Å². The fraction of sp³-hybridized carbons (Fsp3) is 0.100. The molecular weight excluding hydrogens is 279 g/mol. The Bertz CT molecular complexity index is 528. The molecule has 1 heterocycles. The summed E-state index contributed by atoms with van der Waals surface area (Å²) in [6.45, 7) is 0. The molecule has 0 aliphatic carbocycles. The van der Waals surface area contributed by atoms with Crippen molar-refractivity contribution in [3.8, 4) is 16.9 Å². The average Bonchev–Trinajstić information content (AvgIpc) is 2.69. The van der Waals surface area contributed by atoms with E-state index in [0.717, 1.165) is 0 Å². The molecule has 0 spiro atoms. The lowest BCUT2D eigenvalue weighted by Gasteiger charge is -2.07. The highest BCUT2D eigenvalue weighted by Gasteiger charge is 2.16. The number of aromatic nitrogens is 1. The molecular formula is C10H8BrFN2O2. The first-order valence-corrected chi connectivity index (χ1v) is 5.17. The molecule has 0 bridgehead atoms. The Labute approximate surface area is 99.3 Å². The number of hydrogen-bond acceptors (Lipinski definition) is 4. The summed E-state index contributed by atoms with van der Waals surface area (Å²) in [4.78, 5) is 0. The molecule has 2 aromatic rings. The lowest BCUT2D eigenvalue weighted by molar-refractivity contribution is 0.408. The molecule has 0 fully saturated rings. The number of nitrogen functional groups attached to an aromatic ring is 1. The van der Waals surface area contributed by atoms with Gasteiger partial charge in [-0.25, -0.2) is 4.39 Å². The summed E-state index contributed by atoms with van der Waals surface area (Å²) in [6, 6.07) is 3.19. The second-order valence-electron chi connectivity index (χ2n) is 3.05. The lowest BCUT2D eigenvalue weighted by atomic mass is 10.1. The van der Waals surface area contributed by atoms with E-state index in [1.807, 2.05) is 0 Å². The van der Waals surface area contributed by atoms with E-state index in [2.05, 4.69) is 25.6 Å². The molecule has 0 saturated carbocycles. The Hall–Kier alpha value is -1.56. The average molecular weight is 287 g/mol. The van der Waals surface area contributed by atoms with Crippen LogP contribution in [0.5, 0.6) is 5.75 Å². The topological polar surface area (TPSA) is 61.3 Å². The first-order chi connectivity index (χ1) is 7.65. The van der Waals surface area contributed by atoms with Crippen LogP contribution >= 0.6 is 15.9 Å². The Morgan fingerprint density at radius 3 is 2.75 bits per heavy atom. The van der Waals surface area contributed by atoms with Crippen LogP contribution in [0, 0.1) is 5.82 Å². The number of hydrogen-bond donors (Lipinski definition) is 1. The van der Waals surface area contributed by atoms with E-state index in [9.17, 15) is 4.39 Å². The highest BCUT2D eigenvalue weighted by atomic mass is 79.9. The first kappa shape index (κ1) is 10.9. The number of benzene rings is 1. The smallest absolute Gasteiger partial charge is 0.230 e. The molecule has 0 amide bonds. The van der Waals surface area contributed by atoms with Gasteiger partial charge >= 0.3 is 0 Å². The summed E-state index contributed by atoms with van der Waals surface area (Å²) in [7, 11) is 1.47. The Morgan fingerprint density at radius 2 is 2.19 bits per heavy atom. The van der Waals surface area contributed by atoms with Gasteiger partial charge in [0.1, 0.15) is 11.6 Å². The van der Waals surface area contributed by atoms with Crippen LogP contribution in [0.4, 0.5) is 10.3 Å². The van der Waals surface area contributed by atoms with Gasteiger partial charge in [0.2, 0.25) is 5.88 Å². The molecule has 4 nitrogen and oxygen atoms in total. The van der Waals surface area contributed by atoms with Crippen molar-refractivity contribution < 1.29 is 13.7 Å². The van der Waals surface area contributed by atoms with E-state index in [1.165, 1.54) is 13.3 Å². The standard InChI is InChI=1S/C10H8BrFN2O2/c1-15-7-3-2-5(9(12)8(7)11)6-4-14-16-10(6)13/h2-4H,13H2,1H3. The highest BCUT2D eigenvalue weighted by Crippen LogP contribution is 2.36. The monoisotopic (exact) mass is 286 g/mol. The minimum Gasteiger partial charge on any atom is -0.495 e. The largest absolute Gasteiger partial charge is 0.495 e. The number of methoxy groups -OCH3 is 1. The van der Waals surface area contributed by atoms with E-state index < -0.39 is 5.82 Å². The predicted octanol–water partition coefficient (Wildman–Crippen LogP) is 2.83. The molecule has 0 radical (unpaired) electrons. The van der Waals surface area contributed by atoms with Crippen LogP contribution in [0.25, 0.3) is 11.1 Å². The Balaban J connectivity index is 2.60. The number of halogens is 2. The zero-order valence-corrected chi connectivity index (χ0v) is 9.92. The van der Waals surface area contributed by atoms with Crippen LogP contribution in [-0.4, -0.2) is 12.3 Å². The van der Waals surface area contributed by atoms with Crippen LogP contribution in [0.15, 0.2) is 27.3 Å². The predicted molar refractivity (Wildman–Crippen MR) is 60.6 cm³/mol. The van der Waals surface area contributed by atoms with Crippen molar-refractivity contribution >= 4 is 21.8 Å². The third-order valence-electron chi connectivity index (χ3n) is 2.16. The zero-order valence-electron chi connectivity index (χ0n) is 8.33. The second kappa shape index (κ2) is 4.13. The van der Waals surface area contributed by atoms with Crippen molar-refractivity contribution in [3.05, 3.63) is 28.6 Å². The fourth-order valence-corrected chi connectivity index (χ4v) is 1.86. The van der Waals surface area contributed by atoms with E-state index in [1.54, 1.807) is 12.1 Å². The van der Waals surface area contributed by atoms with Crippen molar-refractivity contribution in [1.29, 1.82) is 0 Å². The first-order valence-electron chi connectivity index (χ1n) is 4.37. The Kier molecular flexibility index (Phi) is 2.82. The van der Waals surface area contributed by atoms with Gasteiger partial charge in [-0.1, -0.05) is 5.16 Å². The quantitative estimate of drug-likeness (QED) is 0.922. The maximum Gasteiger partial charge on any atom is 0.230 e. The van der Waals surface area contributed by atoms with E-state index in [4.69, 9.17) is 10.5 Å². The van der Waals surface area contributed by atoms with Crippen molar-refractivity contribution in [1.82, 2.24) is 5.16 Å². The highest BCUT2D eigenvalue weighted by molar-refractivity contribution is 9.10. The maximum absolute atomic E-state index is 13.9. The van der Waals surface area contributed by atoms with Gasteiger partial charge in [-0.2, -0.15) is 0 Å². The summed E-state index contributed by atoms with van der Waals surface area (Å²) >= 11 is 3.11. The van der Waals surface area contributed by atoms with Gasteiger partial charge in [0.05, 0.1) is 23.3 Å². The van der Waals surface area contributed by atoms with E-state index in [0.29, 0.717) is 16.9 Å². The number of nitrogens with two attached hydrogens (primary N) is 1. The lowest BCUT2D eigenvalue weighted by Crippen LogP contribution is -1.92. The summed E-state index contributed by atoms with van der Waals surface area (Å²) in [5, 5.41) is 3.50. The molecule has 6 heteroatoms. The van der Waals surface area contributed by atoms with Gasteiger partial charge in [-0.05, 0) is 28.1 Å². The van der Waals surface area contributed by atoms with Gasteiger partial charge in [0.25, 0.3) is 0 Å². The minimum absolute atomic E-state index is 0.0796. The number of rotatable bonds is 2. The number of anilines is 1. The molecule has 84 valence electrons. The summed E-state index contributed by atoms with van der Waals surface area (Å²) in [6.07, 6.45) is 1.37. The third kappa shape index (κ3) is 1.65. The summed E-state index contributed by atoms with van der Waals surface area (Å²) in [5.74, 6) is 0.0292. The van der Waals surface area contributed by atoms with E-state index in [-0.39, 0.29) is 10.4 Å². The molecule has 1 aromatic carbocycles. The third-order valence-corrected chi connectivity index (χ3v) is 2.89. The van der Waals surface area contributed by atoms with Gasteiger partial charge in [0.15, 0.2) is 0 Å². The fourth-order valence-electron chi connectivity index (χ4n) is 1.35. The maximum atomic E-state index is 13.9. The van der Waals surface area contributed by atoms with Gasteiger partial charge in [-0.15, -0.1) is 0 Å². The summed E-state index contributed by atoms with van der Waals surface area (Å²) in [5.41, 5.74) is 6.25. The van der Waals surface area contributed by atoms with Crippen LogP contribution in [-0.2, 0) is 0 Å². The van der Waals surface area contributed by atoms with Crippen LogP contribution in [0.1, 0.15) is 0 Å². The van der Waals surface area contributed by atoms with Crippen molar-refractivity contribution in [3.63, 3.8) is 0 Å². The molecule has 0 saturated heterocycles. The molecule has 16 heavy (non-hydrogen) atoms. The van der Waals surface area contributed by atoms with Crippen molar-refractivity contribution in [2.45, 2.75) is 0 Å². The van der Waals surface area contributed by atoms with Gasteiger partial charge in [-0.3, -0.25) is 0 Å². The molecule has 2 N–H and O–H groups in total. The second-order valence-corrected chi connectivity index (χ2v) is 3.84. The molecule has 1 aromatic heterocycles. The van der Waals surface area contributed by atoms with Crippen LogP contribution in [0.2, 0.25) is 0 Å². The SMILES string of the molecule is COc1ccc(-c2cnoc2N)c(F)c1Br. The Morgan fingerprint density at radius 1 is 1.44 bits per heavy atom. The molecule has 0 aliphatic heterocycles.